The molecule has 0 amide bonds. The van der Waals surface area contributed by atoms with Crippen LogP contribution in [0.5, 0.6) is 0 Å². The number of aromatic nitrogens is 2. The second kappa shape index (κ2) is 48.6. The summed E-state index contributed by atoms with van der Waals surface area (Å²) in [5.74, 6) is 2.59. The standard InChI is InChI=1S/C61H121N2O/c1-7-10-13-15-17-19-21-23-25-27-29-31-33-35-37-39-46-60(47-40-38-36-34-32-30-28-26-24-22-20-18-16-14-11-8-2)48-41-42-49-61(51-50-59(6)45-43-44-58(4)5)64-56-55-63-54-53-62(57-63)52-12-9-3/h53-54,57-61H,7-52,55-56H2,1-6H3/q+1. The third kappa shape index (κ3) is 42.5. The lowest BCUT2D eigenvalue weighted by atomic mass is 9.89. The number of unbranched alkanes of at least 4 members (excludes halogenated alkanes) is 32. The van der Waals surface area contributed by atoms with Crippen LogP contribution in [0.25, 0.3) is 0 Å². The van der Waals surface area contributed by atoms with Crippen molar-refractivity contribution >= 4 is 0 Å². The average molecular weight is 899 g/mol. The maximum absolute atomic E-state index is 6.73. The smallest absolute Gasteiger partial charge is 0.243 e. The van der Waals surface area contributed by atoms with Crippen LogP contribution in [0.15, 0.2) is 18.7 Å². The first-order valence-corrected chi connectivity index (χ1v) is 30.1. The van der Waals surface area contributed by atoms with Crippen molar-refractivity contribution in [2.45, 2.75) is 350 Å². The van der Waals surface area contributed by atoms with E-state index in [2.05, 4.69) is 69.4 Å². The summed E-state index contributed by atoms with van der Waals surface area (Å²) in [6.07, 6.45) is 71.7. The summed E-state index contributed by atoms with van der Waals surface area (Å²) >= 11 is 0. The SMILES string of the molecule is CCCCCCCCCCCCCCCCCCC(CCCCCCCCCCCCCCCCCC)CCCCC(CCC(C)CCCC(C)C)OCCn1cc[n+](CCCC)c1. The summed E-state index contributed by atoms with van der Waals surface area (Å²) in [7, 11) is 0. The highest BCUT2D eigenvalue weighted by molar-refractivity contribution is 4.69. The van der Waals surface area contributed by atoms with E-state index in [0.29, 0.717) is 6.10 Å². The lowest BCUT2D eigenvalue weighted by molar-refractivity contribution is -0.696. The number of rotatable bonds is 53. The van der Waals surface area contributed by atoms with E-state index in [9.17, 15) is 0 Å². The van der Waals surface area contributed by atoms with E-state index in [1.807, 2.05) is 0 Å². The van der Waals surface area contributed by atoms with E-state index in [1.165, 1.54) is 289 Å². The van der Waals surface area contributed by atoms with E-state index >= 15 is 0 Å². The van der Waals surface area contributed by atoms with Gasteiger partial charge in [0.1, 0.15) is 18.9 Å². The van der Waals surface area contributed by atoms with Crippen LogP contribution in [0.2, 0.25) is 0 Å². The van der Waals surface area contributed by atoms with Gasteiger partial charge < -0.3 is 4.74 Å². The topological polar surface area (TPSA) is 18.0 Å². The van der Waals surface area contributed by atoms with Gasteiger partial charge in [-0.15, -0.1) is 0 Å². The third-order valence-electron chi connectivity index (χ3n) is 15.0. The minimum Gasteiger partial charge on any atom is -0.374 e. The number of ether oxygens (including phenoxy) is 1. The van der Waals surface area contributed by atoms with Crippen molar-refractivity contribution in [1.82, 2.24) is 4.57 Å². The van der Waals surface area contributed by atoms with Crippen molar-refractivity contribution in [3.63, 3.8) is 0 Å². The second-order valence-electron chi connectivity index (χ2n) is 22.1. The first-order valence-electron chi connectivity index (χ1n) is 30.1. The van der Waals surface area contributed by atoms with Gasteiger partial charge in [-0.25, -0.2) is 9.13 Å². The zero-order valence-electron chi connectivity index (χ0n) is 45.3. The zero-order valence-corrected chi connectivity index (χ0v) is 45.3. The van der Waals surface area contributed by atoms with Crippen molar-refractivity contribution in [2.24, 2.45) is 17.8 Å². The molecule has 0 saturated heterocycles. The fourth-order valence-electron chi connectivity index (χ4n) is 10.4. The Balaban J connectivity index is 2.46. The maximum atomic E-state index is 6.73. The summed E-state index contributed by atoms with van der Waals surface area (Å²) in [5, 5.41) is 0. The van der Waals surface area contributed by atoms with Gasteiger partial charge in [-0.3, -0.25) is 0 Å². The molecule has 0 aromatic carbocycles. The minimum absolute atomic E-state index is 0.425. The van der Waals surface area contributed by atoms with Crippen LogP contribution < -0.4 is 4.57 Å². The molecule has 380 valence electrons. The van der Waals surface area contributed by atoms with Gasteiger partial charge in [0.25, 0.3) is 0 Å². The van der Waals surface area contributed by atoms with Crippen LogP contribution in [0.4, 0.5) is 0 Å². The largest absolute Gasteiger partial charge is 0.374 e. The number of aryl methyl sites for hydroxylation is 1. The molecule has 0 N–H and O–H groups in total. The van der Waals surface area contributed by atoms with Crippen LogP contribution in [0.3, 0.4) is 0 Å². The van der Waals surface area contributed by atoms with Crippen molar-refractivity contribution < 1.29 is 9.30 Å². The number of imidazole rings is 1. The number of nitrogens with zero attached hydrogens (tertiary/aromatic N) is 2. The summed E-state index contributed by atoms with van der Waals surface area (Å²) in [6.45, 7) is 17.1. The summed E-state index contributed by atoms with van der Waals surface area (Å²) in [5.41, 5.74) is 0. The molecule has 0 aliphatic carbocycles. The fourth-order valence-corrected chi connectivity index (χ4v) is 10.4. The first kappa shape index (κ1) is 61.2. The Kier molecular flexibility index (Phi) is 46.5. The van der Waals surface area contributed by atoms with Crippen LogP contribution in [0.1, 0.15) is 330 Å². The van der Waals surface area contributed by atoms with Crippen molar-refractivity contribution in [3.8, 4) is 0 Å². The molecule has 3 heteroatoms. The Morgan fingerprint density at radius 3 is 1.20 bits per heavy atom. The molecule has 1 aromatic heterocycles. The van der Waals surface area contributed by atoms with Crippen molar-refractivity contribution in [1.29, 1.82) is 0 Å². The molecule has 2 unspecified atom stereocenters. The Labute approximate surface area is 405 Å². The molecule has 2 atom stereocenters. The quantitative estimate of drug-likeness (QED) is 0.0471. The Morgan fingerprint density at radius 2 is 0.781 bits per heavy atom. The molecule has 0 aliphatic rings. The van der Waals surface area contributed by atoms with E-state index in [1.54, 1.807) is 0 Å². The van der Waals surface area contributed by atoms with Crippen LogP contribution in [-0.2, 0) is 17.8 Å². The molecule has 0 fully saturated rings. The third-order valence-corrected chi connectivity index (χ3v) is 15.0. The fraction of sp³-hybridized carbons (Fsp3) is 0.951. The molecular formula is C61H121N2O+. The summed E-state index contributed by atoms with van der Waals surface area (Å²) < 4.78 is 11.4. The second-order valence-corrected chi connectivity index (χ2v) is 22.1. The Bertz CT molecular complexity index is 982. The minimum atomic E-state index is 0.425. The summed E-state index contributed by atoms with van der Waals surface area (Å²) in [4.78, 5) is 0. The predicted octanol–water partition coefficient (Wildman–Crippen LogP) is 20.7. The first-order chi connectivity index (χ1) is 31.5. The highest BCUT2D eigenvalue weighted by Crippen LogP contribution is 2.27. The Morgan fingerprint density at radius 1 is 0.391 bits per heavy atom. The predicted molar refractivity (Wildman–Crippen MR) is 287 cm³/mol. The molecule has 3 nitrogen and oxygen atoms in total. The highest BCUT2D eigenvalue weighted by Gasteiger charge is 2.15. The molecule has 0 saturated carbocycles. The van der Waals surface area contributed by atoms with Crippen LogP contribution in [-0.4, -0.2) is 17.3 Å². The lowest BCUT2D eigenvalue weighted by Gasteiger charge is -2.21. The van der Waals surface area contributed by atoms with Gasteiger partial charge in [0.2, 0.25) is 6.33 Å². The molecule has 64 heavy (non-hydrogen) atoms. The lowest BCUT2D eigenvalue weighted by Crippen LogP contribution is -2.30. The van der Waals surface area contributed by atoms with Gasteiger partial charge in [-0.1, -0.05) is 305 Å². The zero-order chi connectivity index (χ0) is 46.2. The van der Waals surface area contributed by atoms with Crippen LogP contribution >= 0.6 is 0 Å². The van der Waals surface area contributed by atoms with E-state index < -0.39 is 0 Å². The number of hydrogen-bond acceptors (Lipinski definition) is 1. The van der Waals surface area contributed by atoms with Gasteiger partial charge in [0.15, 0.2) is 0 Å². The summed E-state index contributed by atoms with van der Waals surface area (Å²) in [6, 6.07) is 0. The van der Waals surface area contributed by atoms with Gasteiger partial charge in [-0.2, -0.15) is 0 Å². The molecule has 0 bridgehead atoms. The van der Waals surface area contributed by atoms with Gasteiger partial charge in [0, 0.05) is 0 Å². The van der Waals surface area contributed by atoms with Crippen LogP contribution in [0, 0.1) is 17.8 Å². The molecular weight excluding hydrogens is 777 g/mol. The maximum Gasteiger partial charge on any atom is 0.243 e. The van der Waals surface area contributed by atoms with E-state index in [0.717, 1.165) is 37.5 Å². The molecule has 1 heterocycles. The van der Waals surface area contributed by atoms with E-state index in [-0.39, 0.29) is 0 Å². The normalized spacial score (nSPS) is 12.9. The molecule has 1 aromatic rings. The van der Waals surface area contributed by atoms with Gasteiger partial charge >= 0.3 is 0 Å². The number of hydrogen-bond donors (Lipinski definition) is 0. The monoisotopic (exact) mass is 898 g/mol. The molecule has 0 spiro atoms. The van der Waals surface area contributed by atoms with Gasteiger partial charge in [-0.05, 0) is 43.4 Å². The molecule has 0 radical (unpaired) electrons. The highest BCUT2D eigenvalue weighted by atomic mass is 16.5. The van der Waals surface area contributed by atoms with Gasteiger partial charge in [0.05, 0.1) is 19.3 Å². The van der Waals surface area contributed by atoms with Crippen molar-refractivity contribution in [3.05, 3.63) is 18.7 Å². The average Bonchev–Trinajstić information content (AvgIpc) is 3.75. The molecule has 1 rings (SSSR count). The Hall–Kier alpha value is -0.830. The van der Waals surface area contributed by atoms with E-state index in [4.69, 9.17) is 4.74 Å². The molecule has 0 aliphatic heterocycles. The van der Waals surface area contributed by atoms with Crippen molar-refractivity contribution in [2.75, 3.05) is 6.61 Å².